The van der Waals surface area contributed by atoms with Crippen molar-refractivity contribution in [2.45, 2.75) is 44.8 Å². The van der Waals surface area contributed by atoms with Gasteiger partial charge in [-0.15, -0.1) is 0 Å². The second-order valence-electron chi connectivity index (χ2n) is 8.08. The van der Waals surface area contributed by atoms with Crippen molar-refractivity contribution >= 4 is 0 Å². The van der Waals surface area contributed by atoms with E-state index in [1.807, 2.05) is 49.3 Å². The van der Waals surface area contributed by atoms with Crippen LogP contribution in [0.1, 0.15) is 17.4 Å². The lowest BCUT2D eigenvalue weighted by Gasteiger charge is -2.24. The smallest absolute Gasteiger partial charge is 0.335 e. The third-order valence-corrected chi connectivity index (χ3v) is 5.31. The Morgan fingerprint density at radius 1 is 1.19 bits per heavy atom. The van der Waals surface area contributed by atoms with Crippen LogP contribution in [0, 0.1) is 6.92 Å². The minimum Gasteiger partial charge on any atom is -0.394 e. The van der Waals surface area contributed by atoms with Crippen molar-refractivity contribution in [3.05, 3.63) is 68.5 Å². The number of rotatable bonds is 10. The van der Waals surface area contributed by atoms with Crippen LogP contribution in [0.25, 0.3) is 0 Å². The van der Waals surface area contributed by atoms with E-state index in [1.165, 1.54) is 10.8 Å². The highest BCUT2D eigenvalue weighted by Gasteiger charge is 2.46. The van der Waals surface area contributed by atoms with E-state index in [0.717, 1.165) is 10.1 Å². The maximum Gasteiger partial charge on any atom is 0.335 e. The van der Waals surface area contributed by atoms with Gasteiger partial charge >= 0.3 is 5.69 Å². The molecule has 0 bridgehead atoms. The molecule has 1 aromatic carbocycles. The molecule has 1 fully saturated rings. The van der Waals surface area contributed by atoms with E-state index in [0.29, 0.717) is 18.7 Å². The minimum atomic E-state index is -1.13. The van der Waals surface area contributed by atoms with Gasteiger partial charge in [0.2, 0.25) is 0 Å². The van der Waals surface area contributed by atoms with Gasteiger partial charge in [-0.3, -0.25) is 9.36 Å². The standard InChI is InChI=1S/C22H31N3O7/c1-15-11-24(21-19(31-10-9-23(2)3)18(27)17(12-26)32-21)22(29)25(20(15)28)14-30-13-16-7-5-4-6-8-16/h4-8,11,17-19,21,26-27H,9-10,12-14H2,1-3H3/t17-,18-,19-,21-/m1/s1. The highest BCUT2D eigenvalue weighted by molar-refractivity contribution is 5.13. The summed E-state index contributed by atoms with van der Waals surface area (Å²) >= 11 is 0. The molecule has 10 heteroatoms. The highest BCUT2D eigenvalue weighted by atomic mass is 16.6. The van der Waals surface area contributed by atoms with Crippen LogP contribution in [0.15, 0.2) is 46.1 Å². The molecule has 3 rings (SSSR count). The van der Waals surface area contributed by atoms with E-state index in [1.54, 1.807) is 6.92 Å². The van der Waals surface area contributed by atoms with Crippen LogP contribution >= 0.6 is 0 Å². The first-order chi connectivity index (χ1) is 15.3. The molecule has 1 aliphatic heterocycles. The molecule has 176 valence electrons. The van der Waals surface area contributed by atoms with E-state index < -0.39 is 42.4 Å². The summed E-state index contributed by atoms with van der Waals surface area (Å²) in [5, 5.41) is 20.1. The van der Waals surface area contributed by atoms with Crippen LogP contribution in [0.5, 0.6) is 0 Å². The summed E-state index contributed by atoms with van der Waals surface area (Å²) < 4.78 is 19.4. The van der Waals surface area contributed by atoms with Crippen LogP contribution in [-0.2, 0) is 27.5 Å². The number of ether oxygens (including phenoxy) is 3. The number of aryl methyl sites for hydroxylation is 1. The first-order valence-electron chi connectivity index (χ1n) is 10.5. The monoisotopic (exact) mass is 449 g/mol. The first kappa shape index (κ1) is 24.3. The van der Waals surface area contributed by atoms with Gasteiger partial charge in [0.05, 0.1) is 19.8 Å². The van der Waals surface area contributed by atoms with Gasteiger partial charge in [-0.2, -0.15) is 0 Å². The predicted octanol–water partition coefficient (Wildman–Crippen LogP) is -0.310. The number of nitrogens with zero attached hydrogens (tertiary/aromatic N) is 3. The summed E-state index contributed by atoms with van der Waals surface area (Å²) in [6.07, 6.45) is -2.55. The molecule has 0 unspecified atom stereocenters. The van der Waals surface area contributed by atoms with E-state index in [9.17, 15) is 19.8 Å². The molecular weight excluding hydrogens is 418 g/mol. The number of hydrogen-bond donors (Lipinski definition) is 2. The Bertz CT molecular complexity index is 989. The predicted molar refractivity (Wildman–Crippen MR) is 116 cm³/mol. The van der Waals surface area contributed by atoms with Gasteiger partial charge in [-0.25, -0.2) is 9.36 Å². The molecule has 1 saturated heterocycles. The van der Waals surface area contributed by atoms with Crippen molar-refractivity contribution in [3.8, 4) is 0 Å². The Morgan fingerprint density at radius 3 is 2.56 bits per heavy atom. The number of hydrogen-bond acceptors (Lipinski definition) is 8. The van der Waals surface area contributed by atoms with Crippen molar-refractivity contribution < 1.29 is 24.4 Å². The molecule has 4 atom stereocenters. The Balaban J connectivity index is 1.85. The van der Waals surface area contributed by atoms with Crippen molar-refractivity contribution in [1.82, 2.24) is 14.0 Å². The van der Waals surface area contributed by atoms with Gasteiger partial charge in [-0.05, 0) is 26.6 Å². The zero-order chi connectivity index (χ0) is 23.3. The van der Waals surface area contributed by atoms with Crippen molar-refractivity contribution in [3.63, 3.8) is 0 Å². The Labute approximate surface area is 186 Å². The topological polar surface area (TPSA) is 115 Å². The van der Waals surface area contributed by atoms with Crippen molar-refractivity contribution in [2.75, 3.05) is 33.9 Å². The summed E-state index contributed by atoms with van der Waals surface area (Å²) in [5.41, 5.74) is 0.105. The third kappa shape index (κ3) is 5.52. The summed E-state index contributed by atoms with van der Waals surface area (Å²) in [4.78, 5) is 27.7. The fourth-order valence-electron chi connectivity index (χ4n) is 3.53. The molecule has 32 heavy (non-hydrogen) atoms. The molecule has 0 amide bonds. The van der Waals surface area contributed by atoms with Gasteiger partial charge in [0, 0.05) is 18.3 Å². The summed E-state index contributed by atoms with van der Waals surface area (Å²) in [6.45, 7) is 2.05. The van der Waals surface area contributed by atoms with Gasteiger partial charge < -0.3 is 29.3 Å². The molecule has 1 aliphatic rings. The summed E-state index contributed by atoms with van der Waals surface area (Å²) in [6, 6.07) is 9.41. The van der Waals surface area contributed by atoms with Crippen LogP contribution in [0.3, 0.4) is 0 Å². The van der Waals surface area contributed by atoms with Crippen LogP contribution in [0.4, 0.5) is 0 Å². The number of aliphatic hydroxyl groups is 2. The third-order valence-electron chi connectivity index (χ3n) is 5.31. The molecule has 2 heterocycles. The van der Waals surface area contributed by atoms with E-state index >= 15 is 0 Å². The van der Waals surface area contributed by atoms with Crippen LogP contribution in [-0.4, -0.2) is 76.4 Å². The summed E-state index contributed by atoms with van der Waals surface area (Å²) in [5.74, 6) is 0. The quantitative estimate of drug-likeness (QED) is 0.508. The Morgan fingerprint density at radius 2 is 1.91 bits per heavy atom. The molecule has 1 aromatic heterocycles. The molecule has 0 radical (unpaired) electrons. The average molecular weight is 450 g/mol. The Kier molecular flexibility index (Phi) is 8.35. The maximum absolute atomic E-state index is 13.2. The number of aromatic nitrogens is 2. The molecule has 0 spiro atoms. The van der Waals surface area contributed by atoms with E-state index in [-0.39, 0.29) is 13.3 Å². The lowest BCUT2D eigenvalue weighted by molar-refractivity contribution is -0.0773. The Hall–Kier alpha value is -2.34. The van der Waals surface area contributed by atoms with E-state index in [2.05, 4.69) is 0 Å². The van der Waals surface area contributed by atoms with Crippen molar-refractivity contribution in [1.29, 1.82) is 0 Å². The molecule has 0 aliphatic carbocycles. The largest absolute Gasteiger partial charge is 0.394 e. The average Bonchev–Trinajstić information content (AvgIpc) is 3.09. The van der Waals surface area contributed by atoms with Crippen LogP contribution in [0.2, 0.25) is 0 Å². The minimum absolute atomic E-state index is 0.237. The second-order valence-corrected chi connectivity index (χ2v) is 8.08. The first-order valence-corrected chi connectivity index (χ1v) is 10.5. The van der Waals surface area contributed by atoms with Gasteiger partial charge in [0.25, 0.3) is 5.56 Å². The SMILES string of the molecule is Cc1cn([C@@H]2O[C@H](CO)[C@@H](O)[C@H]2OCCN(C)C)c(=O)n(COCc2ccccc2)c1=O. The molecule has 0 saturated carbocycles. The fraction of sp³-hybridized carbons (Fsp3) is 0.545. The highest BCUT2D eigenvalue weighted by Crippen LogP contribution is 2.30. The van der Waals surface area contributed by atoms with Crippen LogP contribution < -0.4 is 11.2 Å². The number of aliphatic hydroxyl groups excluding tert-OH is 2. The molecular formula is C22H31N3O7. The second kappa shape index (κ2) is 11.0. The molecule has 2 aromatic rings. The van der Waals surface area contributed by atoms with Gasteiger partial charge in [-0.1, -0.05) is 30.3 Å². The fourth-order valence-corrected chi connectivity index (χ4v) is 3.53. The van der Waals surface area contributed by atoms with Gasteiger partial charge in [0.1, 0.15) is 25.0 Å². The zero-order valence-corrected chi connectivity index (χ0v) is 18.6. The normalized spacial score (nSPS) is 23.2. The van der Waals surface area contributed by atoms with Gasteiger partial charge in [0.15, 0.2) is 6.23 Å². The molecule has 2 N–H and O–H groups in total. The number of likely N-dealkylation sites (N-methyl/N-ethyl adjacent to an activating group) is 1. The zero-order valence-electron chi connectivity index (χ0n) is 18.6. The lowest BCUT2D eigenvalue weighted by Crippen LogP contribution is -2.45. The van der Waals surface area contributed by atoms with E-state index in [4.69, 9.17) is 14.2 Å². The summed E-state index contributed by atoms with van der Waals surface area (Å²) in [7, 11) is 3.77. The van der Waals surface area contributed by atoms with Crippen molar-refractivity contribution in [2.24, 2.45) is 0 Å². The number of benzene rings is 1. The molecule has 10 nitrogen and oxygen atoms in total. The lowest BCUT2D eigenvalue weighted by atomic mass is 10.1. The maximum atomic E-state index is 13.2.